The number of amides is 1. The molecule has 0 aliphatic carbocycles. The van der Waals surface area contributed by atoms with Crippen molar-refractivity contribution >= 4 is 28.4 Å². The lowest BCUT2D eigenvalue weighted by Gasteiger charge is -2.32. The van der Waals surface area contributed by atoms with E-state index in [2.05, 4.69) is 6.92 Å². The average Bonchev–Trinajstić information content (AvgIpc) is 2.89. The molecule has 6 heteroatoms. The second kappa shape index (κ2) is 10.9. The van der Waals surface area contributed by atoms with Crippen molar-refractivity contribution < 1.29 is 4.79 Å². The second-order valence-electron chi connectivity index (χ2n) is 8.55. The standard InChI is InChI=1S/C29H30ClN3O2/c1-4-19-32(28(34)22-11-7-9-13-24(22)30)26(6-3)27-31-25-14-10-8-12-23(25)29(35)33(27)21-17-15-20(5-2)16-18-21/h7-18,26H,4-6,19H2,1-3H3. The van der Waals surface area contributed by atoms with E-state index in [1.165, 1.54) is 5.56 Å². The molecular weight excluding hydrogens is 458 g/mol. The summed E-state index contributed by atoms with van der Waals surface area (Å²) in [5, 5.41) is 0.956. The summed E-state index contributed by atoms with van der Waals surface area (Å²) >= 11 is 6.40. The number of aromatic nitrogens is 2. The van der Waals surface area contributed by atoms with E-state index >= 15 is 0 Å². The first kappa shape index (κ1) is 24.7. The van der Waals surface area contributed by atoms with Crippen LogP contribution >= 0.6 is 11.6 Å². The van der Waals surface area contributed by atoms with Crippen LogP contribution in [0.25, 0.3) is 16.6 Å². The third-order valence-corrected chi connectivity index (χ3v) is 6.62. The highest BCUT2D eigenvalue weighted by Crippen LogP contribution is 2.29. The minimum atomic E-state index is -0.415. The van der Waals surface area contributed by atoms with Crippen molar-refractivity contribution in [3.05, 3.63) is 105 Å². The molecule has 1 atom stereocenters. The van der Waals surface area contributed by atoms with E-state index in [4.69, 9.17) is 16.6 Å². The van der Waals surface area contributed by atoms with Gasteiger partial charge < -0.3 is 4.90 Å². The Labute approximate surface area is 211 Å². The monoisotopic (exact) mass is 487 g/mol. The van der Waals surface area contributed by atoms with Crippen LogP contribution in [0.5, 0.6) is 0 Å². The molecule has 0 fully saturated rings. The Balaban J connectivity index is 1.94. The van der Waals surface area contributed by atoms with Crippen LogP contribution in [0.15, 0.2) is 77.6 Å². The third kappa shape index (κ3) is 4.87. The molecular formula is C29H30ClN3O2. The molecule has 0 bridgehead atoms. The average molecular weight is 488 g/mol. The van der Waals surface area contributed by atoms with Crippen molar-refractivity contribution in [1.82, 2.24) is 14.5 Å². The first-order valence-electron chi connectivity index (χ1n) is 12.2. The summed E-state index contributed by atoms with van der Waals surface area (Å²) in [7, 11) is 0. The maximum absolute atomic E-state index is 13.8. The van der Waals surface area contributed by atoms with Crippen LogP contribution in [0.1, 0.15) is 61.4 Å². The second-order valence-corrected chi connectivity index (χ2v) is 8.96. The van der Waals surface area contributed by atoms with Crippen LogP contribution < -0.4 is 5.56 Å². The minimum absolute atomic E-state index is 0.144. The molecule has 1 heterocycles. The molecule has 4 aromatic rings. The van der Waals surface area contributed by atoms with Crippen LogP contribution in [-0.4, -0.2) is 26.9 Å². The van der Waals surface area contributed by atoms with Crippen LogP contribution in [-0.2, 0) is 6.42 Å². The number of carbonyl (C=O) groups excluding carboxylic acids is 1. The number of hydrogen-bond acceptors (Lipinski definition) is 3. The number of para-hydroxylation sites is 1. The van der Waals surface area contributed by atoms with Gasteiger partial charge in [-0.2, -0.15) is 0 Å². The van der Waals surface area contributed by atoms with Gasteiger partial charge in [-0.15, -0.1) is 0 Å². The molecule has 1 unspecified atom stereocenters. The fraction of sp³-hybridized carbons (Fsp3) is 0.276. The number of carbonyl (C=O) groups is 1. The van der Waals surface area contributed by atoms with Gasteiger partial charge in [-0.1, -0.05) is 68.8 Å². The van der Waals surface area contributed by atoms with E-state index in [1.54, 1.807) is 27.7 Å². The number of fused-ring (bicyclic) bond motifs is 1. The van der Waals surface area contributed by atoms with Gasteiger partial charge in [-0.3, -0.25) is 14.2 Å². The van der Waals surface area contributed by atoms with Gasteiger partial charge in [0.2, 0.25) is 0 Å². The lowest BCUT2D eigenvalue weighted by molar-refractivity contribution is 0.0659. The zero-order valence-corrected chi connectivity index (χ0v) is 21.1. The number of halogens is 1. The summed E-state index contributed by atoms with van der Waals surface area (Å²) < 4.78 is 1.67. The number of rotatable bonds is 8. The molecule has 0 N–H and O–H groups in total. The lowest BCUT2D eigenvalue weighted by atomic mass is 10.1. The first-order chi connectivity index (χ1) is 17.0. The molecule has 4 rings (SSSR count). The zero-order chi connectivity index (χ0) is 24.9. The highest BCUT2D eigenvalue weighted by Gasteiger charge is 2.30. The molecule has 5 nitrogen and oxygen atoms in total. The fourth-order valence-electron chi connectivity index (χ4n) is 4.48. The van der Waals surface area contributed by atoms with Crippen molar-refractivity contribution in [2.45, 2.75) is 46.1 Å². The van der Waals surface area contributed by atoms with Crippen molar-refractivity contribution in [2.24, 2.45) is 0 Å². The van der Waals surface area contributed by atoms with E-state index in [1.807, 2.05) is 68.4 Å². The quantitative estimate of drug-likeness (QED) is 0.281. The van der Waals surface area contributed by atoms with E-state index in [9.17, 15) is 9.59 Å². The summed E-state index contributed by atoms with van der Waals surface area (Å²) in [5.41, 5.74) is 2.85. The first-order valence-corrected chi connectivity index (χ1v) is 12.5. The maximum Gasteiger partial charge on any atom is 0.266 e. The highest BCUT2D eigenvalue weighted by molar-refractivity contribution is 6.33. The topological polar surface area (TPSA) is 55.2 Å². The van der Waals surface area contributed by atoms with Gasteiger partial charge in [0.05, 0.1) is 33.2 Å². The van der Waals surface area contributed by atoms with Crippen molar-refractivity contribution in [3.8, 4) is 5.69 Å². The lowest BCUT2D eigenvalue weighted by Crippen LogP contribution is -2.39. The molecule has 1 amide bonds. The zero-order valence-electron chi connectivity index (χ0n) is 20.4. The van der Waals surface area contributed by atoms with Gasteiger partial charge in [0.1, 0.15) is 5.82 Å². The Bertz CT molecular complexity index is 1400. The molecule has 35 heavy (non-hydrogen) atoms. The molecule has 0 radical (unpaired) electrons. The van der Waals surface area contributed by atoms with Crippen molar-refractivity contribution in [3.63, 3.8) is 0 Å². The van der Waals surface area contributed by atoms with Gasteiger partial charge in [-0.25, -0.2) is 4.98 Å². The predicted octanol–water partition coefficient (Wildman–Crippen LogP) is 6.61. The van der Waals surface area contributed by atoms with E-state index in [0.29, 0.717) is 40.3 Å². The van der Waals surface area contributed by atoms with Crippen molar-refractivity contribution in [1.29, 1.82) is 0 Å². The smallest absolute Gasteiger partial charge is 0.266 e. The van der Waals surface area contributed by atoms with Crippen molar-refractivity contribution in [2.75, 3.05) is 6.54 Å². The van der Waals surface area contributed by atoms with Crippen LogP contribution in [0.3, 0.4) is 0 Å². The van der Waals surface area contributed by atoms with Gasteiger partial charge in [0.25, 0.3) is 11.5 Å². The molecule has 1 aromatic heterocycles. The Morgan fingerprint density at radius 2 is 1.66 bits per heavy atom. The van der Waals surface area contributed by atoms with Crippen LogP contribution in [0.4, 0.5) is 0 Å². The Hall–Kier alpha value is -3.44. The Morgan fingerprint density at radius 3 is 2.31 bits per heavy atom. The van der Waals surface area contributed by atoms with Gasteiger partial charge in [0.15, 0.2) is 0 Å². The van der Waals surface area contributed by atoms with E-state index in [-0.39, 0.29) is 11.5 Å². The number of benzene rings is 3. The molecule has 0 spiro atoms. The van der Waals surface area contributed by atoms with Gasteiger partial charge >= 0.3 is 0 Å². The predicted molar refractivity (Wildman–Crippen MR) is 143 cm³/mol. The normalized spacial score (nSPS) is 12.0. The molecule has 3 aromatic carbocycles. The van der Waals surface area contributed by atoms with Crippen LogP contribution in [0.2, 0.25) is 5.02 Å². The molecule has 0 saturated heterocycles. The molecule has 180 valence electrons. The number of nitrogens with zero attached hydrogens (tertiary/aromatic N) is 3. The summed E-state index contributed by atoms with van der Waals surface area (Å²) in [6.45, 7) is 6.66. The summed E-state index contributed by atoms with van der Waals surface area (Å²) in [6, 6.07) is 22.0. The van der Waals surface area contributed by atoms with Crippen LogP contribution in [0, 0.1) is 0 Å². The minimum Gasteiger partial charge on any atom is -0.328 e. The maximum atomic E-state index is 13.8. The highest BCUT2D eigenvalue weighted by atomic mass is 35.5. The fourth-order valence-corrected chi connectivity index (χ4v) is 4.69. The van der Waals surface area contributed by atoms with E-state index < -0.39 is 6.04 Å². The molecule has 0 aliphatic heterocycles. The third-order valence-electron chi connectivity index (χ3n) is 6.30. The number of hydrogen-bond donors (Lipinski definition) is 0. The Morgan fingerprint density at radius 1 is 0.971 bits per heavy atom. The molecule has 0 aliphatic rings. The summed E-state index contributed by atoms with van der Waals surface area (Å²) in [4.78, 5) is 34.3. The number of aryl methyl sites for hydroxylation is 1. The van der Waals surface area contributed by atoms with Gasteiger partial charge in [-0.05, 0) is 61.2 Å². The summed E-state index contributed by atoms with van der Waals surface area (Å²) in [6.07, 6.45) is 2.26. The SMILES string of the molecule is CCCN(C(=O)c1ccccc1Cl)C(CC)c1nc2ccccc2c(=O)n1-c1ccc(CC)cc1. The summed E-state index contributed by atoms with van der Waals surface area (Å²) in [5.74, 6) is 0.383. The Kier molecular flexibility index (Phi) is 7.67. The van der Waals surface area contributed by atoms with E-state index in [0.717, 1.165) is 18.5 Å². The van der Waals surface area contributed by atoms with Gasteiger partial charge in [0, 0.05) is 6.54 Å². The largest absolute Gasteiger partial charge is 0.328 e. The molecule has 0 saturated carbocycles.